The summed E-state index contributed by atoms with van der Waals surface area (Å²) in [5.74, 6) is 0.698. The maximum absolute atomic E-state index is 12.4. The quantitative estimate of drug-likeness (QED) is 0.865. The fourth-order valence-corrected chi connectivity index (χ4v) is 3.69. The van der Waals surface area contributed by atoms with Gasteiger partial charge in [-0.15, -0.1) is 0 Å². The van der Waals surface area contributed by atoms with Gasteiger partial charge in [0.2, 0.25) is 0 Å². The fraction of sp³-hybridized carbons (Fsp3) is 0.588. The van der Waals surface area contributed by atoms with Crippen LogP contribution in [-0.4, -0.2) is 44.1 Å². The van der Waals surface area contributed by atoms with E-state index in [0.717, 1.165) is 23.1 Å². The number of halogens is 1. The second-order valence-electron chi connectivity index (χ2n) is 6.21. The Balaban J connectivity index is 2.03. The molecule has 1 aromatic rings. The first-order valence-corrected chi connectivity index (χ1v) is 8.57. The lowest BCUT2D eigenvalue weighted by Gasteiger charge is -2.43. The monoisotopic (exact) mass is 368 g/mol. The maximum Gasteiger partial charge on any atom is 0.251 e. The van der Waals surface area contributed by atoms with E-state index in [1.807, 2.05) is 0 Å². The first-order valence-electron chi connectivity index (χ1n) is 7.78. The van der Waals surface area contributed by atoms with Crippen LogP contribution in [0.15, 0.2) is 22.7 Å². The average Bonchev–Trinajstić information content (AvgIpc) is 2.53. The summed E-state index contributed by atoms with van der Waals surface area (Å²) in [4.78, 5) is 14.7. The Labute approximate surface area is 141 Å². The summed E-state index contributed by atoms with van der Waals surface area (Å²) in [6, 6.07) is 5.40. The summed E-state index contributed by atoms with van der Waals surface area (Å²) in [6.07, 6.45) is 6.07. The molecule has 0 atom stereocenters. The minimum absolute atomic E-state index is 0.0323. The van der Waals surface area contributed by atoms with E-state index in [0.29, 0.717) is 12.1 Å². The zero-order valence-electron chi connectivity index (χ0n) is 13.6. The van der Waals surface area contributed by atoms with Crippen molar-refractivity contribution >= 4 is 21.8 Å². The van der Waals surface area contributed by atoms with E-state index in [4.69, 9.17) is 4.74 Å². The van der Waals surface area contributed by atoms with Gasteiger partial charge in [-0.05, 0) is 61.1 Å². The van der Waals surface area contributed by atoms with Gasteiger partial charge >= 0.3 is 0 Å². The van der Waals surface area contributed by atoms with Gasteiger partial charge in [-0.1, -0.05) is 19.3 Å². The standard InChI is InChI=1S/C17H25BrN2O2/c1-20(2)17(9-5-4-6-10-17)12-19-16(21)13-7-8-15(22-3)14(18)11-13/h7-8,11H,4-6,9-10,12H2,1-3H3,(H,19,21). The highest BCUT2D eigenvalue weighted by atomic mass is 79.9. The minimum Gasteiger partial charge on any atom is -0.496 e. The van der Waals surface area contributed by atoms with E-state index in [1.54, 1.807) is 25.3 Å². The number of amides is 1. The molecule has 0 spiro atoms. The van der Waals surface area contributed by atoms with Gasteiger partial charge in [0.1, 0.15) is 5.75 Å². The minimum atomic E-state index is -0.0323. The second kappa shape index (κ2) is 7.47. The molecule has 1 amide bonds. The smallest absolute Gasteiger partial charge is 0.251 e. The Morgan fingerprint density at radius 2 is 2.00 bits per heavy atom. The van der Waals surface area contributed by atoms with E-state index in [1.165, 1.54) is 19.3 Å². The molecule has 5 heteroatoms. The van der Waals surface area contributed by atoms with Crippen LogP contribution in [0.1, 0.15) is 42.5 Å². The zero-order valence-corrected chi connectivity index (χ0v) is 15.2. The van der Waals surface area contributed by atoms with Crippen LogP contribution in [0.25, 0.3) is 0 Å². The summed E-state index contributed by atoms with van der Waals surface area (Å²) in [5.41, 5.74) is 0.745. The molecule has 1 aliphatic rings. The van der Waals surface area contributed by atoms with Crippen LogP contribution >= 0.6 is 15.9 Å². The van der Waals surface area contributed by atoms with Gasteiger partial charge in [-0.2, -0.15) is 0 Å². The molecule has 0 aliphatic heterocycles. The normalized spacial score (nSPS) is 17.3. The highest BCUT2D eigenvalue weighted by molar-refractivity contribution is 9.10. The second-order valence-corrected chi connectivity index (χ2v) is 7.07. The number of ether oxygens (including phenoxy) is 1. The van der Waals surface area contributed by atoms with Crippen LogP contribution in [0.2, 0.25) is 0 Å². The van der Waals surface area contributed by atoms with Gasteiger partial charge in [-0.25, -0.2) is 0 Å². The Morgan fingerprint density at radius 3 is 2.55 bits per heavy atom. The third-order valence-corrected chi connectivity index (χ3v) is 5.34. The molecule has 122 valence electrons. The van der Waals surface area contributed by atoms with E-state index < -0.39 is 0 Å². The predicted molar refractivity (Wildman–Crippen MR) is 92.5 cm³/mol. The van der Waals surface area contributed by atoms with Crippen molar-refractivity contribution in [3.8, 4) is 5.75 Å². The number of carbonyl (C=O) groups excluding carboxylic acids is 1. The average molecular weight is 369 g/mol. The Hall–Kier alpha value is -1.07. The van der Waals surface area contributed by atoms with Gasteiger partial charge in [-0.3, -0.25) is 4.79 Å². The third kappa shape index (κ3) is 3.82. The molecule has 22 heavy (non-hydrogen) atoms. The SMILES string of the molecule is COc1ccc(C(=O)NCC2(N(C)C)CCCCC2)cc1Br. The molecular weight excluding hydrogens is 344 g/mol. The van der Waals surface area contributed by atoms with Gasteiger partial charge in [0.05, 0.1) is 11.6 Å². The molecule has 4 nitrogen and oxygen atoms in total. The molecule has 1 aliphatic carbocycles. The molecule has 0 radical (unpaired) electrons. The number of hydrogen-bond donors (Lipinski definition) is 1. The molecule has 2 rings (SSSR count). The molecular formula is C17H25BrN2O2. The van der Waals surface area contributed by atoms with Crippen molar-refractivity contribution in [2.24, 2.45) is 0 Å². The first-order chi connectivity index (χ1) is 10.5. The summed E-state index contributed by atoms with van der Waals surface area (Å²) in [6.45, 7) is 0.697. The van der Waals surface area contributed by atoms with Gasteiger partial charge in [0.15, 0.2) is 0 Å². The van der Waals surface area contributed by atoms with Crippen molar-refractivity contribution in [1.82, 2.24) is 10.2 Å². The largest absolute Gasteiger partial charge is 0.496 e. The topological polar surface area (TPSA) is 41.6 Å². The Kier molecular flexibility index (Phi) is 5.87. The predicted octanol–water partition coefficient (Wildman–Crippen LogP) is 3.45. The van der Waals surface area contributed by atoms with Crippen LogP contribution < -0.4 is 10.1 Å². The zero-order chi connectivity index (χ0) is 16.2. The van der Waals surface area contributed by atoms with Gasteiger partial charge in [0, 0.05) is 17.6 Å². The number of carbonyl (C=O) groups is 1. The van der Waals surface area contributed by atoms with Gasteiger partial charge in [0.25, 0.3) is 5.91 Å². The molecule has 0 heterocycles. The molecule has 1 saturated carbocycles. The fourth-order valence-electron chi connectivity index (χ4n) is 3.15. The Morgan fingerprint density at radius 1 is 1.32 bits per heavy atom. The first kappa shape index (κ1) is 17.3. The molecule has 0 unspecified atom stereocenters. The van der Waals surface area contributed by atoms with Gasteiger partial charge < -0.3 is 15.0 Å². The number of hydrogen-bond acceptors (Lipinski definition) is 3. The van der Waals surface area contributed by atoms with Crippen LogP contribution in [0, 0.1) is 0 Å². The van der Waals surface area contributed by atoms with Crippen LogP contribution in [-0.2, 0) is 0 Å². The van der Waals surface area contributed by atoms with Crippen LogP contribution in [0.3, 0.4) is 0 Å². The lowest BCUT2D eigenvalue weighted by atomic mass is 9.80. The maximum atomic E-state index is 12.4. The van der Waals surface area contributed by atoms with E-state index in [9.17, 15) is 4.79 Å². The molecule has 1 aromatic carbocycles. The molecule has 1 fully saturated rings. The van der Waals surface area contributed by atoms with Crippen LogP contribution in [0.5, 0.6) is 5.75 Å². The summed E-state index contributed by atoms with van der Waals surface area (Å²) in [7, 11) is 5.84. The number of benzene rings is 1. The van der Waals surface area contributed by atoms with E-state index in [-0.39, 0.29) is 11.4 Å². The van der Waals surface area contributed by atoms with Crippen molar-refractivity contribution in [3.63, 3.8) is 0 Å². The highest BCUT2D eigenvalue weighted by Crippen LogP contribution is 2.32. The van der Waals surface area contributed by atoms with Crippen molar-refractivity contribution in [3.05, 3.63) is 28.2 Å². The lowest BCUT2D eigenvalue weighted by molar-refractivity contribution is 0.0799. The highest BCUT2D eigenvalue weighted by Gasteiger charge is 2.34. The van der Waals surface area contributed by atoms with E-state index in [2.05, 4.69) is 40.2 Å². The number of nitrogens with one attached hydrogen (secondary N) is 1. The molecule has 0 saturated heterocycles. The number of nitrogens with zero attached hydrogens (tertiary/aromatic N) is 1. The lowest BCUT2D eigenvalue weighted by Crippen LogP contribution is -2.53. The molecule has 0 aromatic heterocycles. The summed E-state index contributed by atoms with van der Waals surface area (Å²) >= 11 is 3.42. The van der Waals surface area contributed by atoms with Crippen molar-refractivity contribution < 1.29 is 9.53 Å². The van der Waals surface area contributed by atoms with Crippen molar-refractivity contribution in [2.45, 2.75) is 37.6 Å². The number of rotatable bonds is 5. The number of methoxy groups -OCH3 is 1. The van der Waals surface area contributed by atoms with Crippen molar-refractivity contribution in [1.29, 1.82) is 0 Å². The number of likely N-dealkylation sites (N-methyl/N-ethyl adjacent to an activating group) is 1. The molecule has 0 bridgehead atoms. The Bertz CT molecular complexity index is 525. The summed E-state index contributed by atoms with van der Waals surface area (Å²) in [5, 5.41) is 3.11. The molecule has 1 N–H and O–H groups in total. The van der Waals surface area contributed by atoms with Crippen LogP contribution in [0.4, 0.5) is 0 Å². The van der Waals surface area contributed by atoms with Crippen molar-refractivity contribution in [2.75, 3.05) is 27.7 Å². The summed E-state index contributed by atoms with van der Waals surface area (Å²) < 4.78 is 5.99. The van der Waals surface area contributed by atoms with E-state index >= 15 is 0 Å². The third-order valence-electron chi connectivity index (χ3n) is 4.72.